The van der Waals surface area contributed by atoms with Gasteiger partial charge in [0, 0.05) is 32.1 Å². The second-order valence-electron chi connectivity index (χ2n) is 5.39. The molecule has 16 heavy (non-hydrogen) atoms. The number of hydrogen-bond donors (Lipinski definition) is 1. The van der Waals surface area contributed by atoms with Crippen LogP contribution >= 0.6 is 12.4 Å². The number of halogens is 1. The van der Waals surface area contributed by atoms with Gasteiger partial charge in [-0.3, -0.25) is 4.79 Å². The van der Waals surface area contributed by atoms with Crippen LogP contribution in [0.3, 0.4) is 0 Å². The first kappa shape index (κ1) is 15.7. The van der Waals surface area contributed by atoms with E-state index in [2.05, 4.69) is 33.0 Å². The van der Waals surface area contributed by atoms with Gasteiger partial charge in [0.25, 0.3) is 0 Å². The minimum absolute atomic E-state index is 0. The van der Waals surface area contributed by atoms with Gasteiger partial charge in [-0.1, -0.05) is 27.2 Å². The lowest BCUT2D eigenvalue weighted by Gasteiger charge is -2.34. The third-order valence-corrected chi connectivity index (χ3v) is 3.31. The van der Waals surface area contributed by atoms with E-state index in [0.29, 0.717) is 18.4 Å². The molecule has 1 fully saturated rings. The van der Waals surface area contributed by atoms with Crippen molar-refractivity contribution in [3.63, 3.8) is 0 Å². The normalized spacial score (nSPS) is 21.5. The van der Waals surface area contributed by atoms with Crippen molar-refractivity contribution < 1.29 is 4.79 Å². The van der Waals surface area contributed by atoms with Crippen LogP contribution in [0.15, 0.2) is 0 Å². The predicted molar refractivity (Wildman–Crippen MR) is 70.0 cm³/mol. The number of amides is 1. The van der Waals surface area contributed by atoms with E-state index in [4.69, 9.17) is 0 Å². The second kappa shape index (κ2) is 6.45. The Morgan fingerprint density at radius 2 is 2.12 bits per heavy atom. The maximum Gasteiger partial charge on any atom is 0.223 e. The van der Waals surface area contributed by atoms with Crippen LogP contribution in [0.25, 0.3) is 0 Å². The topological polar surface area (TPSA) is 32.3 Å². The number of carbonyl (C=O) groups excluding carboxylic acids is 1. The van der Waals surface area contributed by atoms with Crippen LogP contribution in [0.1, 0.15) is 40.5 Å². The molecule has 0 bridgehead atoms. The quantitative estimate of drug-likeness (QED) is 0.829. The smallest absolute Gasteiger partial charge is 0.223 e. The molecule has 1 aliphatic heterocycles. The summed E-state index contributed by atoms with van der Waals surface area (Å²) in [5.74, 6) is 0.315. The van der Waals surface area contributed by atoms with Crippen molar-refractivity contribution in [2.24, 2.45) is 5.41 Å². The van der Waals surface area contributed by atoms with Crippen molar-refractivity contribution in [2.45, 2.75) is 46.6 Å². The fourth-order valence-corrected chi connectivity index (χ4v) is 1.81. The van der Waals surface area contributed by atoms with Crippen LogP contribution in [-0.4, -0.2) is 36.5 Å². The minimum atomic E-state index is 0. The fourth-order valence-electron chi connectivity index (χ4n) is 1.81. The van der Waals surface area contributed by atoms with Gasteiger partial charge in [-0.2, -0.15) is 0 Å². The number of nitrogens with one attached hydrogen (secondary N) is 1. The summed E-state index contributed by atoms with van der Waals surface area (Å²) in [6.07, 6.45) is 1.73. The van der Waals surface area contributed by atoms with Crippen LogP contribution in [0.4, 0.5) is 0 Å². The summed E-state index contributed by atoms with van der Waals surface area (Å²) in [5, 5.41) is 3.35. The maximum absolute atomic E-state index is 12.0. The van der Waals surface area contributed by atoms with E-state index >= 15 is 0 Å². The van der Waals surface area contributed by atoms with Gasteiger partial charge in [0.2, 0.25) is 5.91 Å². The highest BCUT2D eigenvalue weighted by Crippen LogP contribution is 2.25. The monoisotopic (exact) mass is 248 g/mol. The summed E-state index contributed by atoms with van der Waals surface area (Å²) in [4.78, 5) is 14.0. The molecule has 1 saturated heterocycles. The average molecular weight is 249 g/mol. The lowest BCUT2D eigenvalue weighted by atomic mass is 9.86. The summed E-state index contributed by atoms with van der Waals surface area (Å²) in [7, 11) is 0. The van der Waals surface area contributed by atoms with Crippen LogP contribution in [0.2, 0.25) is 0 Å². The van der Waals surface area contributed by atoms with E-state index in [1.165, 1.54) is 0 Å². The molecule has 0 unspecified atom stereocenters. The molecular formula is C12H25ClN2O. The second-order valence-corrected chi connectivity index (χ2v) is 5.39. The van der Waals surface area contributed by atoms with E-state index in [0.717, 1.165) is 26.1 Å². The van der Waals surface area contributed by atoms with Gasteiger partial charge in [-0.05, 0) is 12.3 Å². The van der Waals surface area contributed by atoms with Gasteiger partial charge in [-0.15, -0.1) is 12.4 Å². The predicted octanol–water partition coefficient (Wildman–Crippen LogP) is 2.05. The number of carbonyl (C=O) groups is 1. The Balaban J connectivity index is 0.00000225. The van der Waals surface area contributed by atoms with E-state index in [1.807, 2.05) is 4.90 Å². The molecule has 0 saturated carbocycles. The van der Waals surface area contributed by atoms with Gasteiger partial charge in [0.15, 0.2) is 0 Å². The average Bonchev–Trinajstić information content (AvgIpc) is 2.17. The molecule has 4 heteroatoms. The fraction of sp³-hybridized carbons (Fsp3) is 0.917. The summed E-state index contributed by atoms with van der Waals surface area (Å²) >= 11 is 0. The zero-order valence-electron chi connectivity index (χ0n) is 10.9. The first-order valence-corrected chi connectivity index (χ1v) is 5.96. The van der Waals surface area contributed by atoms with Crippen molar-refractivity contribution >= 4 is 18.3 Å². The van der Waals surface area contributed by atoms with Gasteiger partial charge < -0.3 is 10.2 Å². The molecular weight excluding hydrogens is 224 g/mol. The highest BCUT2D eigenvalue weighted by atomic mass is 35.5. The minimum Gasteiger partial charge on any atom is -0.340 e. The zero-order chi connectivity index (χ0) is 11.5. The molecule has 1 amide bonds. The Bertz CT molecular complexity index is 231. The van der Waals surface area contributed by atoms with Gasteiger partial charge in [0.1, 0.15) is 0 Å². The molecule has 1 N–H and O–H groups in total. The summed E-state index contributed by atoms with van der Waals surface area (Å²) in [5.41, 5.74) is 0.144. The van der Waals surface area contributed by atoms with E-state index < -0.39 is 0 Å². The highest BCUT2D eigenvalue weighted by Gasteiger charge is 2.26. The molecule has 96 valence electrons. The molecule has 1 atom stereocenters. The maximum atomic E-state index is 12.0. The molecule has 3 nitrogen and oxygen atoms in total. The summed E-state index contributed by atoms with van der Waals surface area (Å²) < 4.78 is 0. The number of nitrogens with zero attached hydrogens (tertiary/aromatic N) is 1. The molecule has 0 aromatic carbocycles. The Labute approximate surface area is 105 Å². The third kappa shape index (κ3) is 4.71. The van der Waals surface area contributed by atoms with E-state index in [-0.39, 0.29) is 17.8 Å². The molecule has 0 aromatic rings. The van der Waals surface area contributed by atoms with Crippen molar-refractivity contribution in [3.05, 3.63) is 0 Å². The first-order chi connectivity index (χ1) is 6.94. The van der Waals surface area contributed by atoms with Crippen LogP contribution in [0, 0.1) is 5.41 Å². The van der Waals surface area contributed by atoms with Crippen LogP contribution in [0.5, 0.6) is 0 Å². The molecule has 0 aromatic heterocycles. The number of hydrogen-bond acceptors (Lipinski definition) is 2. The molecule has 1 aliphatic rings. The molecule has 0 aliphatic carbocycles. The van der Waals surface area contributed by atoms with Crippen molar-refractivity contribution in [2.75, 3.05) is 19.6 Å². The number of rotatable bonds is 3. The Morgan fingerprint density at radius 1 is 1.50 bits per heavy atom. The Kier molecular flexibility index (Phi) is 6.34. The van der Waals surface area contributed by atoms with E-state index in [9.17, 15) is 4.79 Å². The van der Waals surface area contributed by atoms with Crippen LogP contribution in [-0.2, 0) is 4.79 Å². The van der Waals surface area contributed by atoms with Gasteiger partial charge in [0.05, 0.1) is 0 Å². The molecule has 0 radical (unpaired) electrons. The van der Waals surface area contributed by atoms with Crippen molar-refractivity contribution in [1.29, 1.82) is 0 Å². The lowest BCUT2D eigenvalue weighted by molar-refractivity contribution is -0.134. The molecule has 1 rings (SSSR count). The van der Waals surface area contributed by atoms with E-state index in [1.54, 1.807) is 0 Å². The van der Waals surface area contributed by atoms with Gasteiger partial charge in [-0.25, -0.2) is 0 Å². The molecule has 1 heterocycles. The van der Waals surface area contributed by atoms with Crippen LogP contribution < -0.4 is 5.32 Å². The largest absolute Gasteiger partial charge is 0.340 e. The lowest BCUT2D eigenvalue weighted by Crippen LogP contribution is -2.51. The number of piperazine rings is 1. The van der Waals surface area contributed by atoms with Crippen molar-refractivity contribution in [1.82, 2.24) is 10.2 Å². The van der Waals surface area contributed by atoms with Crippen molar-refractivity contribution in [3.8, 4) is 0 Å². The Hall–Kier alpha value is -0.280. The standard InChI is InChI=1S/C12H24N2O.ClH/c1-5-12(3,4)8-11(15)14-7-6-13-10(2)9-14;/h10,13H,5-9H2,1-4H3;1H/t10-;/m1./s1. The zero-order valence-corrected chi connectivity index (χ0v) is 11.7. The Morgan fingerprint density at radius 3 is 2.62 bits per heavy atom. The SMILES string of the molecule is CCC(C)(C)CC(=O)N1CCN[C@H](C)C1.Cl. The van der Waals surface area contributed by atoms with Gasteiger partial charge >= 0.3 is 0 Å². The summed E-state index contributed by atoms with van der Waals surface area (Å²) in [6, 6.07) is 0.437. The molecule has 0 spiro atoms. The third-order valence-electron chi connectivity index (χ3n) is 3.31. The first-order valence-electron chi connectivity index (χ1n) is 5.96. The summed E-state index contributed by atoms with van der Waals surface area (Å²) in [6.45, 7) is 11.3. The highest BCUT2D eigenvalue weighted by molar-refractivity contribution is 5.85.